The Kier molecular flexibility index (Phi) is 5.37. The number of benzene rings is 3. The maximum atomic E-state index is 13.0. The van der Waals surface area contributed by atoms with Gasteiger partial charge in [0.2, 0.25) is 0 Å². The lowest BCUT2D eigenvalue weighted by Gasteiger charge is -2.37. The molecule has 3 heterocycles. The Morgan fingerprint density at radius 1 is 0.857 bits per heavy atom. The van der Waals surface area contributed by atoms with Gasteiger partial charge in [-0.05, 0) is 48.0 Å². The number of ether oxygens (including phenoxy) is 1. The molecule has 0 saturated carbocycles. The minimum absolute atomic E-state index is 0.0909. The van der Waals surface area contributed by atoms with Gasteiger partial charge in [0.1, 0.15) is 11.8 Å². The zero-order valence-electron chi connectivity index (χ0n) is 19.6. The summed E-state index contributed by atoms with van der Waals surface area (Å²) in [5.74, 6) is 0.552. The quantitative estimate of drug-likeness (QED) is 0.470. The molecule has 1 atom stereocenters. The van der Waals surface area contributed by atoms with E-state index in [-0.39, 0.29) is 11.9 Å². The van der Waals surface area contributed by atoms with Gasteiger partial charge in [-0.2, -0.15) is 0 Å². The first-order valence-electron chi connectivity index (χ1n) is 11.9. The normalized spacial score (nSPS) is 18.3. The van der Waals surface area contributed by atoms with Crippen LogP contribution in [0.25, 0.3) is 11.0 Å². The Balaban J connectivity index is 1.22. The molecular weight excluding hydrogens is 438 g/mol. The van der Waals surface area contributed by atoms with Gasteiger partial charge in [0.25, 0.3) is 5.91 Å². The second kappa shape index (κ2) is 8.83. The molecule has 1 fully saturated rings. The Labute approximate surface area is 204 Å². The summed E-state index contributed by atoms with van der Waals surface area (Å²) in [6.07, 6.45) is 3.24. The number of H-pyrrole nitrogens is 1. The molecule has 3 aromatic carbocycles. The number of carbonyl (C=O) groups is 1. The number of piperazine rings is 1. The number of fused-ring (bicyclic) bond motifs is 1. The van der Waals surface area contributed by atoms with E-state index in [1.54, 1.807) is 24.4 Å². The molecule has 7 heteroatoms. The van der Waals surface area contributed by atoms with Gasteiger partial charge in [0.15, 0.2) is 0 Å². The molecule has 0 bridgehead atoms. The van der Waals surface area contributed by atoms with Crippen LogP contribution in [0.2, 0.25) is 0 Å². The molecule has 7 nitrogen and oxygen atoms in total. The van der Waals surface area contributed by atoms with Gasteiger partial charge in [-0.15, -0.1) is 0 Å². The topological polar surface area (TPSA) is 64.7 Å². The van der Waals surface area contributed by atoms with E-state index < -0.39 is 0 Å². The van der Waals surface area contributed by atoms with Crippen molar-refractivity contribution in [2.45, 2.75) is 6.04 Å². The van der Waals surface area contributed by atoms with Gasteiger partial charge in [0.05, 0.1) is 24.5 Å². The monoisotopic (exact) mass is 465 g/mol. The number of hydrogen-bond donors (Lipinski definition) is 1. The standard InChI is InChI=1S/C28H27N5O2/c1-35-26-18-27(34)33(23-11-12-24-25(17-23)30-19-29-24)28(26)20-7-9-22(10-8-20)32-15-13-31(14-16-32)21-5-3-2-4-6-21/h2-12,17-19,28H,13-16H2,1H3,(H,29,30). The van der Waals surface area contributed by atoms with E-state index in [1.807, 2.05) is 18.2 Å². The highest BCUT2D eigenvalue weighted by atomic mass is 16.5. The molecule has 1 amide bonds. The van der Waals surface area contributed by atoms with Crippen LogP contribution in [0.15, 0.2) is 91.0 Å². The fourth-order valence-electron chi connectivity index (χ4n) is 5.09. The maximum absolute atomic E-state index is 13.0. The first-order chi connectivity index (χ1) is 17.2. The number of rotatable bonds is 5. The van der Waals surface area contributed by atoms with Crippen LogP contribution in [0.1, 0.15) is 11.6 Å². The molecule has 0 aliphatic carbocycles. The van der Waals surface area contributed by atoms with Crippen LogP contribution in [0.3, 0.4) is 0 Å². The van der Waals surface area contributed by atoms with Crippen molar-refractivity contribution in [2.24, 2.45) is 0 Å². The zero-order chi connectivity index (χ0) is 23.8. The number of amides is 1. The molecule has 35 heavy (non-hydrogen) atoms. The van der Waals surface area contributed by atoms with E-state index in [9.17, 15) is 4.79 Å². The van der Waals surface area contributed by atoms with E-state index >= 15 is 0 Å². The van der Waals surface area contributed by atoms with Crippen molar-refractivity contribution in [3.63, 3.8) is 0 Å². The first-order valence-corrected chi connectivity index (χ1v) is 11.9. The number of carbonyl (C=O) groups excluding carboxylic acids is 1. The summed E-state index contributed by atoms with van der Waals surface area (Å²) in [7, 11) is 1.62. The van der Waals surface area contributed by atoms with Gasteiger partial charge in [0, 0.05) is 49.3 Å². The second-order valence-corrected chi connectivity index (χ2v) is 8.87. The van der Waals surface area contributed by atoms with Gasteiger partial charge < -0.3 is 19.5 Å². The molecule has 2 aliphatic heterocycles. The minimum atomic E-state index is -0.308. The Morgan fingerprint density at radius 3 is 2.20 bits per heavy atom. The molecule has 1 aromatic heterocycles. The largest absolute Gasteiger partial charge is 0.498 e. The van der Waals surface area contributed by atoms with Crippen molar-refractivity contribution in [3.05, 3.63) is 96.5 Å². The Hall–Kier alpha value is -4.26. The summed E-state index contributed by atoms with van der Waals surface area (Å²) in [6.45, 7) is 3.91. The average Bonchev–Trinajstić information content (AvgIpc) is 3.52. The summed E-state index contributed by atoms with van der Waals surface area (Å²) in [4.78, 5) is 27.0. The van der Waals surface area contributed by atoms with Crippen LogP contribution in [0.4, 0.5) is 17.1 Å². The molecule has 0 spiro atoms. The number of nitrogens with one attached hydrogen (secondary N) is 1. The van der Waals surface area contributed by atoms with Crippen molar-refractivity contribution in [1.29, 1.82) is 0 Å². The molecule has 4 aromatic rings. The van der Waals surface area contributed by atoms with Gasteiger partial charge in [-0.1, -0.05) is 30.3 Å². The Bertz CT molecular complexity index is 1370. The number of para-hydroxylation sites is 1. The van der Waals surface area contributed by atoms with Crippen LogP contribution in [-0.2, 0) is 9.53 Å². The molecule has 1 N–H and O–H groups in total. The summed E-state index contributed by atoms with van der Waals surface area (Å²) < 4.78 is 5.64. The minimum Gasteiger partial charge on any atom is -0.498 e. The summed E-state index contributed by atoms with van der Waals surface area (Å²) in [5, 5.41) is 0. The smallest absolute Gasteiger partial charge is 0.255 e. The van der Waals surface area contributed by atoms with Crippen molar-refractivity contribution in [2.75, 3.05) is 48.0 Å². The third-order valence-corrected chi connectivity index (χ3v) is 6.92. The van der Waals surface area contributed by atoms with Gasteiger partial charge >= 0.3 is 0 Å². The number of methoxy groups -OCH3 is 1. The Morgan fingerprint density at radius 2 is 1.51 bits per heavy atom. The number of imidazole rings is 1. The van der Waals surface area contributed by atoms with Gasteiger partial charge in [-0.25, -0.2) is 4.98 Å². The van der Waals surface area contributed by atoms with Crippen molar-refractivity contribution in [1.82, 2.24) is 9.97 Å². The molecule has 1 unspecified atom stereocenters. The van der Waals surface area contributed by atoms with Crippen LogP contribution < -0.4 is 14.7 Å². The fraction of sp³-hybridized carbons (Fsp3) is 0.214. The van der Waals surface area contributed by atoms with Crippen molar-refractivity contribution >= 4 is 34.0 Å². The second-order valence-electron chi connectivity index (χ2n) is 8.87. The molecular formula is C28H27N5O2. The van der Waals surface area contributed by atoms with E-state index in [4.69, 9.17) is 4.74 Å². The number of hydrogen-bond acceptors (Lipinski definition) is 5. The maximum Gasteiger partial charge on any atom is 0.255 e. The predicted octanol–water partition coefficient (Wildman–Crippen LogP) is 4.51. The first kappa shape index (κ1) is 21.3. The van der Waals surface area contributed by atoms with E-state index in [2.05, 4.69) is 74.4 Å². The summed E-state index contributed by atoms with van der Waals surface area (Å²) in [6, 6.07) is 24.6. The van der Waals surface area contributed by atoms with Crippen molar-refractivity contribution < 1.29 is 9.53 Å². The lowest BCUT2D eigenvalue weighted by molar-refractivity contribution is -0.113. The van der Waals surface area contributed by atoms with Crippen LogP contribution in [-0.4, -0.2) is 49.2 Å². The highest BCUT2D eigenvalue weighted by molar-refractivity contribution is 6.06. The summed E-state index contributed by atoms with van der Waals surface area (Å²) >= 11 is 0. The molecule has 0 radical (unpaired) electrons. The van der Waals surface area contributed by atoms with E-state index in [0.29, 0.717) is 5.76 Å². The number of nitrogens with zero attached hydrogens (tertiary/aromatic N) is 4. The lowest BCUT2D eigenvalue weighted by atomic mass is 10.0. The number of aromatic amines is 1. The number of anilines is 3. The molecule has 2 aliphatic rings. The van der Waals surface area contributed by atoms with Crippen molar-refractivity contribution in [3.8, 4) is 0 Å². The average molecular weight is 466 g/mol. The lowest BCUT2D eigenvalue weighted by Crippen LogP contribution is -2.46. The van der Waals surface area contributed by atoms with E-state index in [0.717, 1.165) is 48.5 Å². The number of aromatic nitrogens is 2. The molecule has 6 rings (SSSR count). The molecule has 176 valence electrons. The van der Waals surface area contributed by atoms with E-state index in [1.165, 1.54) is 11.4 Å². The predicted molar refractivity (Wildman–Crippen MR) is 139 cm³/mol. The third kappa shape index (κ3) is 3.89. The fourth-order valence-corrected chi connectivity index (χ4v) is 5.09. The molecule has 1 saturated heterocycles. The van der Waals surface area contributed by atoms with Gasteiger partial charge in [-0.3, -0.25) is 9.69 Å². The highest BCUT2D eigenvalue weighted by Crippen LogP contribution is 2.39. The highest BCUT2D eigenvalue weighted by Gasteiger charge is 2.36. The third-order valence-electron chi connectivity index (χ3n) is 6.92. The summed E-state index contributed by atoms with van der Waals surface area (Å²) in [5.41, 5.74) is 6.06. The SMILES string of the molecule is COC1=CC(=O)N(c2ccc3nc[nH]c3c2)C1c1ccc(N2CCN(c3ccccc3)CC2)cc1. The van der Waals surface area contributed by atoms with Crippen LogP contribution >= 0.6 is 0 Å². The zero-order valence-corrected chi connectivity index (χ0v) is 19.6. The van der Waals surface area contributed by atoms with Crippen LogP contribution in [0.5, 0.6) is 0 Å². The van der Waals surface area contributed by atoms with Crippen LogP contribution in [0, 0.1) is 0 Å².